The second-order valence-electron chi connectivity index (χ2n) is 7.12. The summed E-state index contributed by atoms with van der Waals surface area (Å²) >= 11 is 0. The Balaban J connectivity index is 1.76. The molecule has 0 bridgehead atoms. The van der Waals surface area contributed by atoms with Gasteiger partial charge in [-0.25, -0.2) is 9.59 Å². The Bertz CT molecular complexity index is 1220. The molecule has 0 aliphatic carbocycles. The molecule has 0 amide bonds. The zero-order chi connectivity index (χ0) is 23.4. The van der Waals surface area contributed by atoms with Gasteiger partial charge in [-0.15, -0.1) is 0 Å². The molecule has 1 aliphatic heterocycles. The zero-order valence-electron chi connectivity index (χ0n) is 18.4. The van der Waals surface area contributed by atoms with Gasteiger partial charge in [0.2, 0.25) is 5.95 Å². The second-order valence-corrected chi connectivity index (χ2v) is 7.12. The van der Waals surface area contributed by atoms with E-state index in [4.69, 9.17) is 14.2 Å². The minimum Gasteiger partial charge on any atom is -0.463 e. The van der Waals surface area contributed by atoms with E-state index in [-0.39, 0.29) is 13.2 Å². The maximum Gasteiger partial charge on any atom is 0.338 e. The summed E-state index contributed by atoms with van der Waals surface area (Å²) < 4.78 is 18.1. The van der Waals surface area contributed by atoms with Crippen molar-refractivity contribution in [3.05, 3.63) is 70.9 Å². The Morgan fingerprint density at radius 3 is 2.58 bits per heavy atom. The smallest absolute Gasteiger partial charge is 0.338 e. The number of nitrogens with zero attached hydrogens (tertiary/aromatic N) is 4. The van der Waals surface area contributed by atoms with Gasteiger partial charge < -0.3 is 19.5 Å². The van der Waals surface area contributed by atoms with Crippen molar-refractivity contribution in [1.82, 2.24) is 20.2 Å². The van der Waals surface area contributed by atoms with Crippen LogP contribution in [0, 0.1) is 0 Å². The molecule has 170 valence electrons. The van der Waals surface area contributed by atoms with Gasteiger partial charge in [-0.05, 0) is 55.5 Å². The van der Waals surface area contributed by atoms with Crippen molar-refractivity contribution in [2.75, 3.05) is 18.5 Å². The van der Waals surface area contributed by atoms with E-state index in [0.29, 0.717) is 39.8 Å². The fourth-order valence-electron chi connectivity index (χ4n) is 3.60. The molecule has 1 N–H and O–H groups in total. The van der Waals surface area contributed by atoms with E-state index >= 15 is 0 Å². The van der Waals surface area contributed by atoms with Crippen LogP contribution in [0.2, 0.25) is 0 Å². The number of hydrogen-bond acceptors (Lipinski definition) is 9. The van der Waals surface area contributed by atoms with E-state index in [1.807, 2.05) is 18.2 Å². The van der Waals surface area contributed by atoms with Crippen LogP contribution >= 0.6 is 0 Å². The Morgan fingerprint density at radius 2 is 1.79 bits per heavy atom. The van der Waals surface area contributed by atoms with Gasteiger partial charge in [0.15, 0.2) is 0 Å². The van der Waals surface area contributed by atoms with Crippen LogP contribution < -0.4 is 10.1 Å². The Hall–Kier alpha value is -4.21. The molecule has 2 aromatic carbocycles. The average Bonchev–Trinajstić information content (AvgIpc) is 3.27. The number of para-hydroxylation sites is 1. The van der Waals surface area contributed by atoms with Crippen LogP contribution in [0.25, 0.3) is 0 Å². The predicted octanol–water partition coefficient (Wildman–Crippen LogP) is 3.49. The van der Waals surface area contributed by atoms with Gasteiger partial charge in [-0.1, -0.05) is 29.4 Å². The summed E-state index contributed by atoms with van der Waals surface area (Å²) in [7, 11) is 0. The summed E-state index contributed by atoms with van der Waals surface area (Å²) in [6.45, 7) is 5.76. The number of benzene rings is 2. The molecule has 0 fully saturated rings. The standard InChI is InChI=1S/C23H23N5O5/c1-4-31-21(29)15-9-8-10-16(13-15)33-18-12-7-6-11-17(18)20-19(22(30)32-5-2)14(3)24-23-25-26-27-28(20)23/h6-13,20H,4-5H2,1-3H3,(H,24,25,27). The van der Waals surface area contributed by atoms with Crippen LogP contribution in [-0.2, 0) is 14.3 Å². The number of rotatable bonds is 7. The number of hydrogen-bond donors (Lipinski definition) is 1. The highest BCUT2D eigenvalue weighted by molar-refractivity contribution is 5.92. The Kier molecular flexibility index (Phi) is 6.34. The zero-order valence-corrected chi connectivity index (χ0v) is 18.4. The fourth-order valence-corrected chi connectivity index (χ4v) is 3.60. The third-order valence-corrected chi connectivity index (χ3v) is 5.00. The summed E-state index contributed by atoms with van der Waals surface area (Å²) in [5.74, 6) is 0.396. The quantitative estimate of drug-likeness (QED) is 0.541. The van der Waals surface area contributed by atoms with Gasteiger partial charge in [0.25, 0.3) is 0 Å². The number of carbonyl (C=O) groups excluding carboxylic acids is 2. The molecule has 1 atom stereocenters. The van der Waals surface area contributed by atoms with Crippen LogP contribution in [0.15, 0.2) is 59.8 Å². The first-order valence-corrected chi connectivity index (χ1v) is 10.5. The topological polar surface area (TPSA) is 117 Å². The maximum atomic E-state index is 12.9. The van der Waals surface area contributed by atoms with E-state index < -0.39 is 18.0 Å². The minimum atomic E-state index is -0.681. The van der Waals surface area contributed by atoms with Crippen LogP contribution in [-0.4, -0.2) is 45.4 Å². The molecule has 1 unspecified atom stereocenters. The third kappa shape index (κ3) is 4.40. The molecule has 3 aromatic rings. The molecule has 1 aromatic heterocycles. The number of ether oxygens (including phenoxy) is 3. The van der Waals surface area contributed by atoms with Crippen LogP contribution in [0.5, 0.6) is 11.5 Å². The average molecular weight is 449 g/mol. The SMILES string of the molecule is CCOC(=O)C1=C(C)Nc2nnnn2C1c1ccccc1Oc1cccc(C(=O)OCC)c1. The molecule has 0 radical (unpaired) electrons. The van der Waals surface area contributed by atoms with Crippen LogP contribution in [0.3, 0.4) is 0 Å². The van der Waals surface area contributed by atoms with Gasteiger partial charge in [0, 0.05) is 11.3 Å². The van der Waals surface area contributed by atoms with E-state index in [9.17, 15) is 9.59 Å². The Labute approximate surface area is 190 Å². The normalized spacial score (nSPS) is 14.8. The molecule has 33 heavy (non-hydrogen) atoms. The molecule has 4 rings (SSSR count). The highest BCUT2D eigenvalue weighted by Gasteiger charge is 2.36. The number of carbonyl (C=O) groups is 2. The largest absolute Gasteiger partial charge is 0.463 e. The lowest BCUT2D eigenvalue weighted by Gasteiger charge is -2.28. The van der Waals surface area contributed by atoms with Gasteiger partial charge in [-0.3, -0.25) is 0 Å². The molecule has 2 heterocycles. The number of nitrogens with one attached hydrogen (secondary N) is 1. The summed E-state index contributed by atoms with van der Waals surface area (Å²) in [4.78, 5) is 25.0. The summed E-state index contributed by atoms with van der Waals surface area (Å²) in [5.41, 5.74) is 1.98. The molecule has 0 saturated carbocycles. The highest BCUT2D eigenvalue weighted by atomic mass is 16.5. The first kappa shape index (κ1) is 22.0. The fraction of sp³-hybridized carbons (Fsp3) is 0.261. The number of esters is 2. The van der Waals surface area contributed by atoms with Crippen molar-refractivity contribution >= 4 is 17.9 Å². The first-order valence-electron chi connectivity index (χ1n) is 10.5. The van der Waals surface area contributed by atoms with Crippen molar-refractivity contribution < 1.29 is 23.8 Å². The lowest BCUT2D eigenvalue weighted by atomic mass is 9.95. The minimum absolute atomic E-state index is 0.226. The van der Waals surface area contributed by atoms with Crippen LogP contribution in [0.4, 0.5) is 5.95 Å². The van der Waals surface area contributed by atoms with E-state index in [1.54, 1.807) is 51.1 Å². The summed E-state index contributed by atoms with van der Waals surface area (Å²) in [6, 6.07) is 13.3. The lowest BCUT2D eigenvalue weighted by Crippen LogP contribution is -2.30. The number of tetrazole rings is 1. The van der Waals surface area contributed by atoms with Crippen molar-refractivity contribution in [1.29, 1.82) is 0 Å². The van der Waals surface area contributed by atoms with Gasteiger partial charge in [-0.2, -0.15) is 4.68 Å². The van der Waals surface area contributed by atoms with Crippen molar-refractivity contribution in [2.45, 2.75) is 26.8 Å². The maximum absolute atomic E-state index is 12.9. The molecule has 0 saturated heterocycles. The van der Waals surface area contributed by atoms with Crippen molar-refractivity contribution in [3.63, 3.8) is 0 Å². The van der Waals surface area contributed by atoms with Crippen LogP contribution in [0.1, 0.15) is 42.7 Å². The van der Waals surface area contributed by atoms with E-state index in [0.717, 1.165) is 0 Å². The van der Waals surface area contributed by atoms with E-state index in [1.165, 1.54) is 4.68 Å². The van der Waals surface area contributed by atoms with Gasteiger partial charge in [0.1, 0.15) is 17.5 Å². The highest BCUT2D eigenvalue weighted by Crippen LogP contribution is 2.40. The summed E-state index contributed by atoms with van der Waals surface area (Å²) in [6.07, 6.45) is 0. The van der Waals surface area contributed by atoms with Crippen molar-refractivity contribution in [2.24, 2.45) is 0 Å². The first-order chi connectivity index (χ1) is 16.0. The molecule has 10 nitrogen and oxygen atoms in total. The number of aromatic nitrogens is 4. The molecule has 10 heteroatoms. The molecular weight excluding hydrogens is 426 g/mol. The summed E-state index contributed by atoms with van der Waals surface area (Å²) in [5, 5.41) is 14.9. The molecule has 1 aliphatic rings. The number of anilines is 1. The van der Waals surface area contributed by atoms with Crippen molar-refractivity contribution in [3.8, 4) is 11.5 Å². The number of allylic oxidation sites excluding steroid dienone is 1. The van der Waals surface area contributed by atoms with Gasteiger partial charge in [0.05, 0.1) is 24.4 Å². The monoisotopic (exact) mass is 449 g/mol. The third-order valence-electron chi connectivity index (χ3n) is 5.00. The second kappa shape index (κ2) is 9.51. The molecular formula is C23H23N5O5. The predicted molar refractivity (Wildman–Crippen MR) is 118 cm³/mol. The van der Waals surface area contributed by atoms with E-state index in [2.05, 4.69) is 20.8 Å². The van der Waals surface area contributed by atoms with Gasteiger partial charge >= 0.3 is 11.9 Å². The number of fused-ring (bicyclic) bond motifs is 1. The lowest BCUT2D eigenvalue weighted by molar-refractivity contribution is -0.139. The molecule has 0 spiro atoms. The Morgan fingerprint density at radius 1 is 1.03 bits per heavy atom.